The number of hydrogen-bond acceptors (Lipinski definition) is 4. The molecule has 6 heteroatoms. The van der Waals surface area contributed by atoms with E-state index in [9.17, 15) is 0 Å². The Hall–Kier alpha value is -1.98. The molecule has 3 rings (SSSR count). The van der Waals surface area contributed by atoms with Gasteiger partial charge in [-0.05, 0) is 19.3 Å². The Bertz CT molecular complexity index is 563. The van der Waals surface area contributed by atoms with Crippen molar-refractivity contribution in [2.45, 2.75) is 38.6 Å². The number of nitrogen functional groups attached to an aromatic ring is 2. The smallest absolute Gasteiger partial charge is 0.152 e. The van der Waals surface area contributed by atoms with Gasteiger partial charge in [-0.3, -0.25) is 0 Å². The lowest BCUT2D eigenvalue weighted by Gasteiger charge is -2.04. The zero-order valence-electron chi connectivity index (χ0n) is 10.5. The van der Waals surface area contributed by atoms with Gasteiger partial charge in [-0.2, -0.15) is 0 Å². The summed E-state index contributed by atoms with van der Waals surface area (Å²) in [5, 5.41) is 0. The molecule has 18 heavy (non-hydrogen) atoms. The molecule has 0 spiro atoms. The summed E-state index contributed by atoms with van der Waals surface area (Å²) < 4.78 is 3.64. The largest absolute Gasteiger partial charge is 0.382 e. The molecule has 0 radical (unpaired) electrons. The van der Waals surface area contributed by atoms with Crippen LogP contribution in [0.15, 0.2) is 12.5 Å². The summed E-state index contributed by atoms with van der Waals surface area (Å²) in [7, 11) is 0. The molecule has 0 aliphatic heterocycles. The molecule has 1 saturated carbocycles. The number of imidazole rings is 2. The summed E-state index contributed by atoms with van der Waals surface area (Å²) in [6, 6.07) is 0.555. The molecule has 1 aliphatic carbocycles. The number of aromatic nitrogens is 4. The van der Waals surface area contributed by atoms with E-state index in [0.717, 1.165) is 30.1 Å². The second kappa shape index (κ2) is 4.04. The molecule has 0 amide bonds. The van der Waals surface area contributed by atoms with Crippen LogP contribution < -0.4 is 11.6 Å². The third-order valence-corrected chi connectivity index (χ3v) is 3.34. The van der Waals surface area contributed by atoms with E-state index in [1.54, 1.807) is 0 Å². The fourth-order valence-electron chi connectivity index (χ4n) is 2.21. The highest BCUT2D eigenvalue weighted by molar-refractivity contribution is 5.68. The van der Waals surface area contributed by atoms with Crippen LogP contribution in [0, 0.1) is 0 Å². The summed E-state index contributed by atoms with van der Waals surface area (Å²) in [4.78, 5) is 8.77. The van der Waals surface area contributed by atoms with E-state index in [1.165, 1.54) is 17.5 Å². The van der Waals surface area contributed by atoms with E-state index in [4.69, 9.17) is 11.6 Å². The Morgan fingerprint density at radius 3 is 2.89 bits per heavy atom. The number of rotatable bonds is 4. The molecule has 96 valence electrons. The van der Waals surface area contributed by atoms with Crippen LogP contribution in [0.3, 0.4) is 0 Å². The molecule has 2 aromatic heterocycles. The standard InChI is InChI=1S/C12H18N6/c1-2-3-10-16-11(12(13)18(10)14)9-6-15-7-17(9)8-4-5-8/h6-8H,2-5,13-14H2,1H3. The molecule has 0 bridgehead atoms. The molecule has 1 fully saturated rings. The SMILES string of the molecule is CCCc1nc(-c2cncn2C2CC2)c(N)n1N. The van der Waals surface area contributed by atoms with Crippen molar-refractivity contribution in [1.29, 1.82) is 0 Å². The average molecular weight is 246 g/mol. The first-order chi connectivity index (χ1) is 8.72. The first kappa shape index (κ1) is 11.1. The fraction of sp³-hybridized carbons (Fsp3) is 0.500. The van der Waals surface area contributed by atoms with Crippen LogP contribution in [0.5, 0.6) is 0 Å². The van der Waals surface area contributed by atoms with Crippen molar-refractivity contribution in [1.82, 2.24) is 19.2 Å². The first-order valence-electron chi connectivity index (χ1n) is 6.36. The summed E-state index contributed by atoms with van der Waals surface area (Å²) in [6.45, 7) is 2.10. The monoisotopic (exact) mass is 246 g/mol. The maximum atomic E-state index is 6.05. The Morgan fingerprint density at radius 1 is 1.44 bits per heavy atom. The Labute approximate surface area is 106 Å². The molecule has 0 atom stereocenters. The lowest BCUT2D eigenvalue weighted by molar-refractivity contribution is 0.745. The van der Waals surface area contributed by atoms with Crippen molar-refractivity contribution >= 4 is 5.82 Å². The van der Waals surface area contributed by atoms with Crippen LogP contribution >= 0.6 is 0 Å². The fourth-order valence-corrected chi connectivity index (χ4v) is 2.21. The van der Waals surface area contributed by atoms with E-state index < -0.39 is 0 Å². The van der Waals surface area contributed by atoms with E-state index in [0.29, 0.717) is 11.9 Å². The van der Waals surface area contributed by atoms with E-state index >= 15 is 0 Å². The van der Waals surface area contributed by atoms with Gasteiger partial charge in [0.2, 0.25) is 0 Å². The molecule has 4 N–H and O–H groups in total. The van der Waals surface area contributed by atoms with Crippen molar-refractivity contribution < 1.29 is 0 Å². The van der Waals surface area contributed by atoms with Gasteiger partial charge in [-0.25, -0.2) is 14.6 Å². The van der Waals surface area contributed by atoms with Crippen molar-refractivity contribution in [2.75, 3.05) is 11.6 Å². The first-order valence-corrected chi connectivity index (χ1v) is 6.36. The molecular formula is C12H18N6. The van der Waals surface area contributed by atoms with Gasteiger partial charge in [0.1, 0.15) is 11.5 Å². The number of nitrogens with two attached hydrogens (primary N) is 2. The second-order valence-corrected chi connectivity index (χ2v) is 4.80. The number of anilines is 1. The van der Waals surface area contributed by atoms with Gasteiger partial charge in [-0.15, -0.1) is 0 Å². The highest BCUT2D eigenvalue weighted by atomic mass is 15.4. The van der Waals surface area contributed by atoms with Gasteiger partial charge in [0.15, 0.2) is 5.82 Å². The molecule has 0 aromatic carbocycles. The maximum Gasteiger partial charge on any atom is 0.152 e. The third kappa shape index (κ3) is 1.64. The van der Waals surface area contributed by atoms with Crippen molar-refractivity contribution in [2.24, 2.45) is 0 Å². The molecule has 1 aliphatic rings. The molecule has 2 aromatic rings. The van der Waals surface area contributed by atoms with Gasteiger partial charge in [0.05, 0.1) is 18.2 Å². The predicted molar refractivity (Wildman–Crippen MR) is 70.3 cm³/mol. The Kier molecular flexibility index (Phi) is 2.50. The van der Waals surface area contributed by atoms with E-state index in [2.05, 4.69) is 21.5 Å². The van der Waals surface area contributed by atoms with Crippen LogP contribution in [0.4, 0.5) is 5.82 Å². The van der Waals surface area contributed by atoms with Crippen LogP contribution in [0.1, 0.15) is 38.1 Å². The Balaban J connectivity index is 2.05. The summed E-state index contributed by atoms with van der Waals surface area (Å²) in [5.41, 5.74) is 7.77. The van der Waals surface area contributed by atoms with Crippen LogP contribution in [0.25, 0.3) is 11.4 Å². The molecule has 0 saturated heterocycles. The minimum Gasteiger partial charge on any atom is -0.382 e. The van der Waals surface area contributed by atoms with E-state index in [-0.39, 0.29) is 0 Å². The molecule has 2 heterocycles. The zero-order chi connectivity index (χ0) is 12.7. The van der Waals surface area contributed by atoms with Gasteiger partial charge >= 0.3 is 0 Å². The zero-order valence-corrected chi connectivity index (χ0v) is 10.5. The van der Waals surface area contributed by atoms with Crippen molar-refractivity contribution in [3.05, 3.63) is 18.3 Å². The maximum absolute atomic E-state index is 6.05. The number of nitrogens with zero attached hydrogens (tertiary/aromatic N) is 4. The van der Waals surface area contributed by atoms with E-state index in [1.807, 2.05) is 12.5 Å². The van der Waals surface area contributed by atoms with Crippen molar-refractivity contribution in [3.63, 3.8) is 0 Å². The van der Waals surface area contributed by atoms with Crippen LogP contribution in [0.2, 0.25) is 0 Å². The van der Waals surface area contributed by atoms with Crippen molar-refractivity contribution in [3.8, 4) is 11.4 Å². The third-order valence-electron chi connectivity index (χ3n) is 3.34. The summed E-state index contributed by atoms with van der Waals surface area (Å²) in [5.74, 6) is 7.28. The normalized spacial score (nSPS) is 15.2. The molecular weight excluding hydrogens is 228 g/mol. The average Bonchev–Trinajstić information content (AvgIpc) is 3.04. The van der Waals surface area contributed by atoms with Crippen LogP contribution in [-0.4, -0.2) is 19.2 Å². The minimum atomic E-state index is 0.515. The van der Waals surface area contributed by atoms with Crippen LogP contribution in [-0.2, 0) is 6.42 Å². The molecule has 0 unspecified atom stereocenters. The van der Waals surface area contributed by atoms with Gasteiger partial charge < -0.3 is 16.1 Å². The minimum absolute atomic E-state index is 0.515. The summed E-state index contributed by atoms with van der Waals surface area (Å²) >= 11 is 0. The number of aryl methyl sites for hydroxylation is 1. The highest BCUT2D eigenvalue weighted by Gasteiger charge is 2.27. The molecule has 6 nitrogen and oxygen atoms in total. The van der Waals surface area contributed by atoms with Gasteiger partial charge in [0.25, 0.3) is 0 Å². The Morgan fingerprint density at radius 2 is 2.22 bits per heavy atom. The van der Waals surface area contributed by atoms with Gasteiger partial charge in [-0.1, -0.05) is 6.92 Å². The summed E-state index contributed by atoms with van der Waals surface area (Å²) in [6.07, 6.45) is 7.89. The lowest BCUT2D eigenvalue weighted by Crippen LogP contribution is -2.15. The topological polar surface area (TPSA) is 87.7 Å². The number of hydrogen-bond donors (Lipinski definition) is 2. The highest BCUT2D eigenvalue weighted by Crippen LogP contribution is 2.38. The quantitative estimate of drug-likeness (QED) is 0.797. The lowest BCUT2D eigenvalue weighted by atomic mass is 10.3. The predicted octanol–water partition coefficient (Wildman–Crippen LogP) is 1.33. The second-order valence-electron chi connectivity index (χ2n) is 4.80. The van der Waals surface area contributed by atoms with Gasteiger partial charge in [0, 0.05) is 12.5 Å².